The fourth-order valence-electron chi connectivity index (χ4n) is 3.11. The van der Waals surface area contributed by atoms with E-state index < -0.39 is 0 Å². The zero-order valence-electron chi connectivity index (χ0n) is 16.5. The summed E-state index contributed by atoms with van der Waals surface area (Å²) in [5, 5.41) is 12.8. The fraction of sp³-hybridized carbons (Fsp3) is 0.318. The van der Waals surface area contributed by atoms with Crippen LogP contribution in [-0.2, 0) is 16.1 Å². The van der Waals surface area contributed by atoms with E-state index in [-0.39, 0.29) is 24.1 Å². The van der Waals surface area contributed by atoms with Gasteiger partial charge in [0.2, 0.25) is 11.8 Å². The van der Waals surface area contributed by atoms with Gasteiger partial charge in [0.15, 0.2) is 0 Å². The number of thioether (sulfide) groups is 1. The van der Waals surface area contributed by atoms with Gasteiger partial charge in [0.1, 0.15) is 6.54 Å². The van der Waals surface area contributed by atoms with Crippen molar-refractivity contribution >= 4 is 35.2 Å². The van der Waals surface area contributed by atoms with Gasteiger partial charge in [-0.2, -0.15) is 5.26 Å². The molecule has 2 aromatic rings. The Hall–Kier alpha value is -2.53. The molecular formula is C22H23ClN4O2S. The first kappa shape index (κ1) is 22.2. The summed E-state index contributed by atoms with van der Waals surface area (Å²) < 4.78 is 0. The first-order chi connectivity index (χ1) is 14.6. The van der Waals surface area contributed by atoms with Gasteiger partial charge < -0.3 is 15.1 Å². The number of carbonyl (C=O) groups is 2. The van der Waals surface area contributed by atoms with Gasteiger partial charge >= 0.3 is 0 Å². The molecule has 0 aromatic heterocycles. The van der Waals surface area contributed by atoms with Crippen molar-refractivity contribution in [1.29, 1.82) is 5.26 Å². The Kier molecular flexibility index (Phi) is 8.14. The zero-order chi connectivity index (χ0) is 21.3. The normalized spacial score (nSPS) is 13.5. The Balaban J connectivity index is 1.69. The Morgan fingerprint density at radius 3 is 2.50 bits per heavy atom. The lowest BCUT2D eigenvalue weighted by Crippen LogP contribution is -2.50. The van der Waals surface area contributed by atoms with Gasteiger partial charge in [-0.25, -0.2) is 0 Å². The van der Waals surface area contributed by atoms with E-state index in [1.54, 1.807) is 28.0 Å². The van der Waals surface area contributed by atoms with Crippen LogP contribution in [0.5, 0.6) is 0 Å². The average molecular weight is 443 g/mol. The average Bonchev–Trinajstić information content (AvgIpc) is 2.79. The van der Waals surface area contributed by atoms with Crippen LogP contribution in [0.1, 0.15) is 11.1 Å². The van der Waals surface area contributed by atoms with E-state index in [2.05, 4.69) is 11.4 Å². The molecule has 0 bridgehead atoms. The Morgan fingerprint density at radius 1 is 1.13 bits per heavy atom. The SMILES string of the molecule is N#Cc1ccc(CN(CC(=O)N2CCNCC2)C(=O)CSc2ccccc2Cl)cc1. The van der Waals surface area contributed by atoms with Gasteiger partial charge in [0.25, 0.3) is 0 Å². The second-order valence-corrected chi connectivity index (χ2v) is 8.33. The maximum Gasteiger partial charge on any atom is 0.242 e. The topological polar surface area (TPSA) is 76.4 Å². The highest BCUT2D eigenvalue weighted by atomic mass is 35.5. The number of halogens is 1. The van der Waals surface area contributed by atoms with Crippen LogP contribution in [0.3, 0.4) is 0 Å². The lowest BCUT2D eigenvalue weighted by Gasteiger charge is -2.30. The van der Waals surface area contributed by atoms with E-state index in [0.29, 0.717) is 30.2 Å². The van der Waals surface area contributed by atoms with Crippen LogP contribution < -0.4 is 5.32 Å². The summed E-state index contributed by atoms with van der Waals surface area (Å²) in [5.41, 5.74) is 1.43. The standard InChI is InChI=1S/C22H23ClN4O2S/c23-19-3-1-2-4-20(19)30-16-22(29)27(14-18-7-5-17(13-24)6-8-18)15-21(28)26-11-9-25-10-12-26/h1-8,25H,9-12,14-16H2. The van der Waals surface area contributed by atoms with Gasteiger partial charge in [-0.1, -0.05) is 35.9 Å². The number of amides is 2. The maximum atomic E-state index is 13.0. The number of nitrogens with one attached hydrogen (secondary N) is 1. The lowest BCUT2D eigenvalue weighted by atomic mass is 10.1. The molecule has 1 aliphatic rings. The van der Waals surface area contributed by atoms with Crippen molar-refractivity contribution in [2.45, 2.75) is 11.4 Å². The lowest BCUT2D eigenvalue weighted by molar-refractivity contribution is -0.140. The zero-order valence-corrected chi connectivity index (χ0v) is 18.1. The number of carbonyl (C=O) groups excluding carboxylic acids is 2. The number of hydrogen-bond donors (Lipinski definition) is 1. The molecule has 3 rings (SSSR count). The third-order valence-electron chi connectivity index (χ3n) is 4.79. The van der Waals surface area contributed by atoms with Crippen LogP contribution in [0, 0.1) is 11.3 Å². The van der Waals surface area contributed by atoms with Crippen LogP contribution in [0.2, 0.25) is 5.02 Å². The second kappa shape index (κ2) is 11.0. The molecule has 1 saturated heterocycles. The highest BCUT2D eigenvalue weighted by Gasteiger charge is 2.23. The van der Waals surface area contributed by atoms with E-state index in [1.807, 2.05) is 30.3 Å². The molecular weight excluding hydrogens is 420 g/mol. The second-order valence-electron chi connectivity index (χ2n) is 6.91. The van der Waals surface area contributed by atoms with E-state index in [4.69, 9.17) is 16.9 Å². The van der Waals surface area contributed by atoms with Crippen molar-refractivity contribution in [2.75, 3.05) is 38.5 Å². The van der Waals surface area contributed by atoms with Crippen molar-refractivity contribution in [1.82, 2.24) is 15.1 Å². The minimum Gasteiger partial charge on any atom is -0.339 e. The molecule has 30 heavy (non-hydrogen) atoms. The predicted molar refractivity (Wildman–Crippen MR) is 118 cm³/mol. The molecule has 0 atom stereocenters. The van der Waals surface area contributed by atoms with E-state index in [9.17, 15) is 9.59 Å². The molecule has 0 unspecified atom stereocenters. The summed E-state index contributed by atoms with van der Waals surface area (Å²) in [6.45, 7) is 3.15. The summed E-state index contributed by atoms with van der Waals surface area (Å²) in [5.74, 6) is 0.00322. The van der Waals surface area contributed by atoms with Gasteiger partial charge in [-0.05, 0) is 29.8 Å². The molecule has 0 saturated carbocycles. The molecule has 1 heterocycles. The molecule has 8 heteroatoms. The van der Waals surface area contributed by atoms with E-state index in [1.165, 1.54) is 11.8 Å². The van der Waals surface area contributed by atoms with Crippen molar-refractivity contribution in [3.63, 3.8) is 0 Å². The number of nitriles is 1. The number of rotatable bonds is 7. The van der Waals surface area contributed by atoms with E-state index >= 15 is 0 Å². The summed E-state index contributed by atoms with van der Waals surface area (Å²) in [6, 6.07) is 16.5. The number of piperazine rings is 1. The van der Waals surface area contributed by atoms with Crippen molar-refractivity contribution in [2.24, 2.45) is 0 Å². The van der Waals surface area contributed by atoms with Crippen LogP contribution in [0.15, 0.2) is 53.4 Å². The summed E-state index contributed by atoms with van der Waals surface area (Å²) in [7, 11) is 0. The third kappa shape index (κ3) is 6.23. The quantitative estimate of drug-likeness (QED) is 0.667. The highest BCUT2D eigenvalue weighted by Crippen LogP contribution is 2.26. The van der Waals surface area contributed by atoms with Crippen LogP contribution in [0.25, 0.3) is 0 Å². The summed E-state index contributed by atoms with van der Waals surface area (Å²) >= 11 is 7.55. The monoisotopic (exact) mass is 442 g/mol. The Bertz CT molecular complexity index is 923. The smallest absolute Gasteiger partial charge is 0.242 e. The van der Waals surface area contributed by atoms with Crippen molar-refractivity contribution in [3.05, 3.63) is 64.7 Å². The van der Waals surface area contributed by atoms with Gasteiger partial charge in [0.05, 0.1) is 22.4 Å². The number of nitrogens with zero attached hydrogens (tertiary/aromatic N) is 3. The molecule has 0 aliphatic carbocycles. The van der Waals surface area contributed by atoms with Crippen LogP contribution in [-0.4, -0.2) is 60.1 Å². The molecule has 156 valence electrons. The van der Waals surface area contributed by atoms with Crippen molar-refractivity contribution < 1.29 is 9.59 Å². The number of benzene rings is 2. The molecule has 1 N–H and O–H groups in total. The molecule has 1 fully saturated rings. The first-order valence-electron chi connectivity index (χ1n) is 9.69. The van der Waals surface area contributed by atoms with Gasteiger partial charge in [-0.15, -0.1) is 11.8 Å². The summed E-state index contributed by atoms with van der Waals surface area (Å²) in [6.07, 6.45) is 0. The van der Waals surface area contributed by atoms with Gasteiger partial charge in [-0.3, -0.25) is 9.59 Å². The maximum absolute atomic E-state index is 13.0. The molecule has 0 spiro atoms. The molecule has 1 aliphatic heterocycles. The number of hydrogen-bond acceptors (Lipinski definition) is 5. The molecule has 6 nitrogen and oxygen atoms in total. The fourth-order valence-corrected chi connectivity index (χ4v) is 4.25. The molecule has 0 radical (unpaired) electrons. The first-order valence-corrected chi connectivity index (χ1v) is 11.1. The molecule has 2 amide bonds. The molecule has 2 aromatic carbocycles. The van der Waals surface area contributed by atoms with Crippen LogP contribution in [0.4, 0.5) is 0 Å². The third-order valence-corrected chi connectivity index (χ3v) is 6.29. The minimum atomic E-state index is -0.132. The largest absolute Gasteiger partial charge is 0.339 e. The summed E-state index contributed by atoms with van der Waals surface area (Å²) in [4.78, 5) is 30.0. The Morgan fingerprint density at radius 2 is 1.83 bits per heavy atom. The van der Waals surface area contributed by atoms with Crippen LogP contribution >= 0.6 is 23.4 Å². The van der Waals surface area contributed by atoms with Gasteiger partial charge in [0, 0.05) is 37.6 Å². The van der Waals surface area contributed by atoms with Crippen molar-refractivity contribution in [3.8, 4) is 6.07 Å². The Labute approximate surface area is 185 Å². The highest BCUT2D eigenvalue weighted by molar-refractivity contribution is 8.00. The minimum absolute atomic E-state index is 0.0297. The predicted octanol–water partition coefficient (Wildman–Crippen LogP) is 2.76. The van der Waals surface area contributed by atoms with E-state index in [0.717, 1.165) is 23.5 Å².